The maximum atomic E-state index is 5.97. The Morgan fingerprint density at radius 2 is 2.29 bits per heavy atom. The average Bonchev–Trinajstić information content (AvgIpc) is 2.85. The summed E-state index contributed by atoms with van der Waals surface area (Å²) < 4.78 is 1.20. The molecule has 0 aliphatic heterocycles. The molecule has 4 heteroatoms. The minimum atomic E-state index is 0.589. The summed E-state index contributed by atoms with van der Waals surface area (Å²) in [5, 5.41) is 5.35. The van der Waals surface area contributed by atoms with Crippen molar-refractivity contribution >= 4 is 38.3 Å². The average molecular weight is 267 g/mol. The van der Waals surface area contributed by atoms with Crippen LogP contribution in [0.1, 0.15) is 26.2 Å². The number of halogens is 1. The number of nitrogens with one attached hydrogen (secondary N) is 1. The minimum absolute atomic E-state index is 0.589. The van der Waals surface area contributed by atoms with Crippen LogP contribution in [0.4, 0.5) is 5.13 Å². The zero-order valence-electron chi connectivity index (χ0n) is 9.74. The second-order valence-electron chi connectivity index (χ2n) is 4.79. The summed E-state index contributed by atoms with van der Waals surface area (Å²) in [6, 6.07) is 6.48. The second-order valence-corrected chi connectivity index (χ2v) is 6.26. The van der Waals surface area contributed by atoms with Gasteiger partial charge in [0.2, 0.25) is 0 Å². The summed E-state index contributed by atoms with van der Waals surface area (Å²) in [6.07, 6.45) is 3.92. The number of rotatable bonds is 2. The number of aromatic nitrogens is 1. The summed E-state index contributed by atoms with van der Waals surface area (Å²) in [6.45, 7) is 2.31. The molecule has 2 unspecified atom stereocenters. The van der Waals surface area contributed by atoms with Crippen molar-refractivity contribution in [1.82, 2.24) is 4.98 Å². The highest BCUT2D eigenvalue weighted by atomic mass is 35.5. The Labute approximate surface area is 110 Å². The van der Waals surface area contributed by atoms with Crippen LogP contribution < -0.4 is 5.32 Å². The monoisotopic (exact) mass is 266 g/mol. The Hall–Kier alpha value is -0.800. The molecule has 2 atom stereocenters. The topological polar surface area (TPSA) is 24.9 Å². The van der Waals surface area contributed by atoms with E-state index < -0.39 is 0 Å². The molecular weight excluding hydrogens is 252 g/mol. The molecule has 1 aromatic carbocycles. The van der Waals surface area contributed by atoms with E-state index in [1.165, 1.54) is 24.0 Å². The van der Waals surface area contributed by atoms with E-state index in [1.807, 2.05) is 18.2 Å². The van der Waals surface area contributed by atoms with E-state index in [1.54, 1.807) is 11.3 Å². The Bertz CT molecular complexity index is 537. The number of nitrogens with zero attached hydrogens (tertiary/aromatic N) is 1. The summed E-state index contributed by atoms with van der Waals surface area (Å²) in [4.78, 5) is 4.59. The predicted molar refractivity (Wildman–Crippen MR) is 75.1 cm³/mol. The van der Waals surface area contributed by atoms with Gasteiger partial charge in [0.25, 0.3) is 0 Å². The van der Waals surface area contributed by atoms with Gasteiger partial charge in [-0.2, -0.15) is 0 Å². The van der Waals surface area contributed by atoms with E-state index in [0.29, 0.717) is 6.04 Å². The molecule has 1 fully saturated rings. The summed E-state index contributed by atoms with van der Waals surface area (Å²) in [5.74, 6) is 0.755. The molecule has 0 bridgehead atoms. The Balaban J connectivity index is 1.85. The third-order valence-electron chi connectivity index (χ3n) is 3.52. The summed E-state index contributed by atoms with van der Waals surface area (Å²) in [7, 11) is 0. The zero-order chi connectivity index (χ0) is 11.8. The maximum absolute atomic E-state index is 5.97. The Morgan fingerprint density at radius 1 is 1.41 bits per heavy atom. The van der Waals surface area contributed by atoms with E-state index in [2.05, 4.69) is 17.2 Å². The van der Waals surface area contributed by atoms with Crippen LogP contribution in [-0.4, -0.2) is 11.0 Å². The number of benzene rings is 1. The lowest BCUT2D eigenvalue weighted by molar-refractivity contribution is 0.556. The molecule has 3 rings (SSSR count). The molecule has 17 heavy (non-hydrogen) atoms. The van der Waals surface area contributed by atoms with E-state index >= 15 is 0 Å². The number of hydrogen-bond donors (Lipinski definition) is 1. The van der Waals surface area contributed by atoms with Crippen molar-refractivity contribution in [1.29, 1.82) is 0 Å². The van der Waals surface area contributed by atoms with Gasteiger partial charge in [0.1, 0.15) is 0 Å². The Morgan fingerprint density at radius 3 is 3.06 bits per heavy atom. The van der Waals surface area contributed by atoms with Gasteiger partial charge in [-0.05, 0) is 37.0 Å². The first-order chi connectivity index (χ1) is 8.22. The third kappa shape index (κ3) is 2.26. The summed E-state index contributed by atoms with van der Waals surface area (Å²) >= 11 is 7.68. The smallest absolute Gasteiger partial charge is 0.184 e. The zero-order valence-corrected chi connectivity index (χ0v) is 11.3. The first-order valence-electron chi connectivity index (χ1n) is 6.05. The SMILES string of the molecule is CC1CCCC1Nc1nc2cc(Cl)ccc2s1. The van der Waals surface area contributed by atoms with Crippen molar-refractivity contribution in [2.75, 3.05) is 5.32 Å². The molecule has 0 amide bonds. The number of hydrogen-bond acceptors (Lipinski definition) is 3. The van der Waals surface area contributed by atoms with Crippen LogP contribution in [-0.2, 0) is 0 Å². The van der Waals surface area contributed by atoms with Gasteiger partial charge in [0.15, 0.2) is 5.13 Å². The fourth-order valence-corrected chi connectivity index (χ4v) is 3.55. The van der Waals surface area contributed by atoms with Crippen molar-refractivity contribution in [2.24, 2.45) is 5.92 Å². The molecule has 1 heterocycles. The standard InChI is InChI=1S/C13H15ClN2S/c1-8-3-2-4-10(8)15-13-16-11-7-9(14)5-6-12(11)17-13/h5-8,10H,2-4H2,1H3,(H,15,16). The van der Waals surface area contributed by atoms with Gasteiger partial charge in [-0.15, -0.1) is 0 Å². The fourth-order valence-electron chi connectivity index (χ4n) is 2.48. The molecule has 0 saturated heterocycles. The lowest BCUT2D eigenvalue weighted by Crippen LogP contribution is -2.21. The molecule has 90 valence electrons. The van der Waals surface area contributed by atoms with Crippen LogP contribution in [0, 0.1) is 5.92 Å². The molecule has 0 radical (unpaired) electrons. The fraction of sp³-hybridized carbons (Fsp3) is 0.462. The van der Waals surface area contributed by atoms with Gasteiger partial charge in [0, 0.05) is 11.1 Å². The van der Waals surface area contributed by atoms with Gasteiger partial charge in [0.05, 0.1) is 10.2 Å². The highest BCUT2D eigenvalue weighted by Gasteiger charge is 2.23. The highest BCUT2D eigenvalue weighted by Crippen LogP contribution is 2.32. The van der Waals surface area contributed by atoms with E-state index in [0.717, 1.165) is 21.6 Å². The van der Waals surface area contributed by atoms with Crippen LogP contribution in [0.2, 0.25) is 5.02 Å². The number of fused-ring (bicyclic) bond motifs is 1. The minimum Gasteiger partial charge on any atom is -0.358 e. The molecule has 1 aromatic heterocycles. The molecule has 1 aliphatic carbocycles. The first kappa shape index (κ1) is 11.3. The van der Waals surface area contributed by atoms with Crippen LogP contribution in [0.3, 0.4) is 0 Å². The molecular formula is C13H15ClN2S. The highest BCUT2D eigenvalue weighted by molar-refractivity contribution is 7.22. The van der Waals surface area contributed by atoms with E-state index in [9.17, 15) is 0 Å². The third-order valence-corrected chi connectivity index (χ3v) is 4.72. The van der Waals surface area contributed by atoms with Crippen LogP contribution >= 0.6 is 22.9 Å². The van der Waals surface area contributed by atoms with Crippen molar-refractivity contribution in [2.45, 2.75) is 32.2 Å². The van der Waals surface area contributed by atoms with Crippen LogP contribution in [0.5, 0.6) is 0 Å². The normalized spacial score (nSPS) is 24.4. The molecule has 1 aliphatic rings. The van der Waals surface area contributed by atoms with Gasteiger partial charge in [-0.1, -0.05) is 36.3 Å². The Kier molecular flexibility index (Phi) is 2.97. The predicted octanol–water partition coefficient (Wildman–Crippen LogP) is 4.55. The van der Waals surface area contributed by atoms with E-state index in [4.69, 9.17) is 11.6 Å². The van der Waals surface area contributed by atoms with Crippen LogP contribution in [0.15, 0.2) is 18.2 Å². The summed E-state index contributed by atoms with van der Waals surface area (Å²) in [5.41, 5.74) is 0.996. The van der Waals surface area contributed by atoms with Gasteiger partial charge >= 0.3 is 0 Å². The molecule has 0 spiro atoms. The van der Waals surface area contributed by atoms with Gasteiger partial charge in [-0.3, -0.25) is 0 Å². The molecule has 2 aromatic rings. The second kappa shape index (κ2) is 4.46. The largest absolute Gasteiger partial charge is 0.358 e. The van der Waals surface area contributed by atoms with Gasteiger partial charge in [-0.25, -0.2) is 4.98 Å². The van der Waals surface area contributed by atoms with E-state index in [-0.39, 0.29) is 0 Å². The number of anilines is 1. The maximum Gasteiger partial charge on any atom is 0.184 e. The van der Waals surface area contributed by atoms with Crippen LogP contribution in [0.25, 0.3) is 10.2 Å². The molecule has 2 nitrogen and oxygen atoms in total. The molecule has 1 saturated carbocycles. The quantitative estimate of drug-likeness (QED) is 0.863. The van der Waals surface area contributed by atoms with Crippen molar-refractivity contribution in [3.63, 3.8) is 0 Å². The van der Waals surface area contributed by atoms with Crippen molar-refractivity contribution < 1.29 is 0 Å². The lowest BCUT2D eigenvalue weighted by atomic mass is 10.1. The number of thiazole rings is 1. The lowest BCUT2D eigenvalue weighted by Gasteiger charge is -2.15. The van der Waals surface area contributed by atoms with Crippen molar-refractivity contribution in [3.8, 4) is 0 Å². The molecule has 1 N–H and O–H groups in total. The first-order valence-corrected chi connectivity index (χ1v) is 7.24. The van der Waals surface area contributed by atoms with Crippen molar-refractivity contribution in [3.05, 3.63) is 23.2 Å². The van der Waals surface area contributed by atoms with Gasteiger partial charge < -0.3 is 5.32 Å².